The third-order valence-corrected chi connectivity index (χ3v) is 5.51. The van der Waals surface area contributed by atoms with Crippen LogP contribution in [0.2, 0.25) is 0 Å². The SMILES string of the molecule is COC1=Nc2c3c(nc(=O)ccc3cn2C2OCC(O)C[C@@H](C=O)C2(C)C)N1. The predicted molar refractivity (Wildman–Crippen MR) is 103 cm³/mol. The number of amidine groups is 1. The van der Waals surface area contributed by atoms with Gasteiger partial charge in [-0.2, -0.15) is 9.98 Å². The Labute approximate surface area is 161 Å². The zero-order chi connectivity index (χ0) is 20.1. The van der Waals surface area contributed by atoms with Crippen LogP contribution >= 0.6 is 0 Å². The van der Waals surface area contributed by atoms with E-state index in [-0.39, 0.29) is 18.2 Å². The molecule has 0 bridgehead atoms. The fraction of sp³-hybridized carbons (Fsp3) is 0.474. The van der Waals surface area contributed by atoms with Gasteiger partial charge in [-0.25, -0.2) is 0 Å². The number of aldehydes is 1. The predicted octanol–water partition coefficient (Wildman–Crippen LogP) is 1.58. The van der Waals surface area contributed by atoms with Gasteiger partial charge in [0, 0.05) is 29.0 Å². The Morgan fingerprint density at radius 3 is 2.93 bits per heavy atom. The number of nitrogens with one attached hydrogen (secondary N) is 1. The zero-order valence-electron chi connectivity index (χ0n) is 15.9. The van der Waals surface area contributed by atoms with E-state index in [0.717, 1.165) is 11.7 Å². The van der Waals surface area contributed by atoms with Crippen LogP contribution in [-0.4, -0.2) is 46.8 Å². The first-order valence-electron chi connectivity index (χ1n) is 9.05. The number of aromatic nitrogens is 2. The standard InChI is InChI=1S/C19H22N4O5/c1-19(2)11(8-24)6-12(25)9-28-17(19)23-7-10-4-5-13(26)20-15-14(10)16(23)22-18(21-15)27-3/h4-5,7-8,11-12,17,25H,6,9H2,1-3H3,(H,20,21,22,26)/t11-,12?,17?/m0/s1. The zero-order valence-corrected chi connectivity index (χ0v) is 15.9. The van der Waals surface area contributed by atoms with E-state index in [9.17, 15) is 14.7 Å². The molecule has 0 spiro atoms. The molecule has 1 saturated heterocycles. The van der Waals surface area contributed by atoms with Crippen molar-refractivity contribution < 1.29 is 19.4 Å². The molecule has 3 atom stereocenters. The van der Waals surface area contributed by atoms with E-state index in [1.165, 1.54) is 13.2 Å². The van der Waals surface area contributed by atoms with Crippen molar-refractivity contribution in [3.8, 4) is 0 Å². The summed E-state index contributed by atoms with van der Waals surface area (Å²) in [6, 6.07) is 3.26. The molecular weight excluding hydrogens is 364 g/mol. The first-order chi connectivity index (χ1) is 13.3. The Morgan fingerprint density at radius 1 is 1.43 bits per heavy atom. The Bertz CT molecular complexity index is 1030. The van der Waals surface area contributed by atoms with Crippen molar-refractivity contribution >= 4 is 34.7 Å². The third-order valence-electron chi connectivity index (χ3n) is 5.51. The fourth-order valence-corrected chi connectivity index (χ4v) is 3.91. The summed E-state index contributed by atoms with van der Waals surface area (Å²) in [6.07, 6.45) is 1.75. The van der Waals surface area contributed by atoms with Gasteiger partial charge in [-0.1, -0.05) is 13.8 Å². The summed E-state index contributed by atoms with van der Waals surface area (Å²) in [7, 11) is 1.47. The van der Waals surface area contributed by atoms with E-state index in [1.807, 2.05) is 24.6 Å². The van der Waals surface area contributed by atoms with Gasteiger partial charge in [0.2, 0.25) is 0 Å². The van der Waals surface area contributed by atoms with Gasteiger partial charge in [0.15, 0.2) is 5.82 Å². The molecule has 4 heterocycles. The van der Waals surface area contributed by atoms with Crippen molar-refractivity contribution in [2.45, 2.75) is 32.6 Å². The Hall–Kier alpha value is -2.78. The molecule has 4 rings (SSSR count). The molecular formula is C19H22N4O5. The average molecular weight is 386 g/mol. The van der Waals surface area contributed by atoms with Crippen LogP contribution in [0, 0.1) is 11.3 Å². The number of rotatable bonds is 2. The molecule has 0 saturated carbocycles. The number of methoxy groups -OCH3 is 1. The molecule has 2 aromatic heterocycles. The Morgan fingerprint density at radius 2 is 2.21 bits per heavy atom. The maximum Gasteiger partial charge on any atom is 0.296 e. The lowest BCUT2D eigenvalue weighted by Crippen LogP contribution is -2.35. The van der Waals surface area contributed by atoms with Gasteiger partial charge in [-0.3, -0.25) is 10.1 Å². The minimum atomic E-state index is -0.724. The number of aliphatic hydroxyl groups is 1. The second-order valence-corrected chi connectivity index (χ2v) is 7.71. The van der Waals surface area contributed by atoms with Gasteiger partial charge in [0.1, 0.15) is 18.3 Å². The number of anilines is 1. The van der Waals surface area contributed by atoms with E-state index in [0.29, 0.717) is 23.4 Å². The topological polar surface area (TPSA) is 115 Å². The molecule has 2 N–H and O–H groups in total. The van der Waals surface area contributed by atoms with Crippen LogP contribution in [0.3, 0.4) is 0 Å². The van der Waals surface area contributed by atoms with E-state index in [2.05, 4.69) is 15.3 Å². The Kier molecular flexibility index (Phi) is 4.43. The quantitative estimate of drug-likeness (QED) is 0.753. The van der Waals surface area contributed by atoms with E-state index < -0.39 is 23.7 Å². The monoisotopic (exact) mass is 386 g/mol. The van der Waals surface area contributed by atoms with Gasteiger partial charge in [-0.15, -0.1) is 0 Å². The van der Waals surface area contributed by atoms with Crippen molar-refractivity contribution in [3.63, 3.8) is 0 Å². The molecule has 0 aromatic carbocycles. The minimum absolute atomic E-state index is 0.106. The molecule has 1 fully saturated rings. The number of hydrogen-bond acceptors (Lipinski definition) is 8. The number of aliphatic imine (C=N–C) groups is 1. The molecule has 148 valence electrons. The summed E-state index contributed by atoms with van der Waals surface area (Å²) in [4.78, 5) is 32.2. The molecule has 9 heteroatoms. The van der Waals surface area contributed by atoms with Gasteiger partial charge in [0.05, 0.1) is 25.2 Å². The van der Waals surface area contributed by atoms with Gasteiger partial charge < -0.3 is 23.9 Å². The highest BCUT2D eigenvalue weighted by atomic mass is 16.5. The van der Waals surface area contributed by atoms with E-state index >= 15 is 0 Å². The summed E-state index contributed by atoms with van der Waals surface area (Å²) in [6.45, 7) is 3.97. The van der Waals surface area contributed by atoms with Crippen LogP contribution in [0.5, 0.6) is 0 Å². The van der Waals surface area contributed by atoms with Crippen molar-refractivity contribution in [2.24, 2.45) is 16.3 Å². The van der Waals surface area contributed by atoms with Crippen LogP contribution in [0.25, 0.3) is 10.8 Å². The molecule has 0 radical (unpaired) electrons. The lowest BCUT2D eigenvalue weighted by Gasteiger charge is -2.37. The maximum atomic E-state index is 11.9. The highest BCUT2D eigenvalue weighted by Gasteiger charge is 2.44. The minimum Gasteiger partial charge on any atom is -0.468 e. The molecule has 2 aliphatic rings. The largest absolute Gasteiger partial charge is 0.468 e. The first-order valence-corrected chi connectivity index (χ1v) is 9.05. The molecule has 0 amide bonds. The van der Waals surface area contributed by atoms with Crippen LogP contribution < -0.4 is 10.9 Å². The highest BCUT2D eigenvalue weighted by molar-refractivity contribution is 6.09. The van der Waals surface area contributed by atoms with Crippen LogP contribution in [0.4, 0.5) is 11.6 Å². The maximum absolute atomic E-state index is 11.9. The van der Waals surface area contributed by atoms with Crippen molar-refractivity contribution in [1.29, 1.82) is 0 Å². The van der Waals surface area contributed by atoms with Gasteiger partial charge in [-0.05, 0) is 12.5 Å². The number of carbonyl (C=O) groups excluding carboxylic acids is 1. The lowest BCUT2D eigenvalue weighted by atomic mass is 9.75. The number of aliphatic hydroxyl groups excluding tert-OH is 1. The number of ether oxygens (including phenoxy) is 2. The lowest BCUT2D eigenvalue weighted by molar-refractivity contribution is -0.123. The summed E-state index contributed by atoms with van der Waals surface area (Å²) in [5.74, 6) is 0.467. The second kappa shape index (κ2) is 6.68. The van der Waals surface area contributed by atoms with Gasteiger partial charge in [0.25, 0.3) is 11.6 Å². The van der Waals surface area contributed by atoms with Gasteiger partial charge >= 0.3 is 0 Å². The first kappa shape index (κ1) is 18.6. The number of nitrogens with zero attached hydrogens (tertiary/aromatic N) is 3. The summed E-state index contributed by atoms with van der Waals surface area (Å²) >= 11 is 0. The Balaban J connectivity index is 1.96. The summed E-state index contributed by atoms with van der Waals surface area (Å²) in [5, 5.41) is 14.5. The van der Waals surface area contributed by atoms with E-state index in [4.69, 9.17) is 9.47 Å². The smallest absolute Gasteiger partial charge is 0.296 e. The molecule has 0 aliphatic carbocycles. The normalized spacial score (nSPS) is 26.1. The summed E-state index contributed by atoms with van der Waals surface area (Å²) in [5.41, 5.74) is -0.999. The molecule has 2 aromatic rings. The van der Waals surface area contributed by atoms with Crippen molar-refractivity contribution in [2.75, 3.05) is 19.0 Å². The summed E-state index contributed by atoms with van der Waals surface area (Å²) < 4.78 is 13.1. The molecule has 28 heavy (non-hydrogen) atoms. The third kappa shape index (κ3) is 2.87. The van der Waals surface area contributed by atoms with Crippen molar-refractivity contribution in [1.82, 2.24) is 9.55 Å². The molecule has 2 aliphatic heterocycles. The number of hydrogen-bond donors (Lipinski definition) is 2. The van der Waals surface area contributed by atoms with Crippen LogP contribution in [0.1, 0.15) is 26.5 Å². The van der Waals surface area contributed by atoms with E-state index in [1.54, 1.807) is 6.07 Å². The highest BCUT2D eigenvalue weighted by Crippen LogP contribution is 2.47. The molecule has 2 unspecified atom stereocenters. The fourth-order valence-electron chi connectivity index (χ4n) is 3.91. The van der Waals surface area contributed by atoms with Crippen molar-refractivity contribution in [3.05, 3.63) is 28.7 Å². The second-order valence-electron chi connectivity index (χ2n) is 7.71. The van der Waals surface area contributed by atoms with Crippen LogP contribution in [-0.2, 0) is 14.3 Å². The number of carbonyl (C=O) groups is 1. The van der Waals surface area contributed by atoms with Crippen LogP contribution in [0.15, 0.2) is 28.1 Å². The average Bonchev–Trinajstić information content (AvgIpc) is 2.87. The molecule has 9 nitrogen and oxygen atoms in total.